The summed E-state index contributed by atoms with van der Waals surface area (Å²) in [4.78, 5) is 11.8. The summed E-state index contributed by atoms with van der Waals surface area (Å²) in [6.07, 6.45) is 1.46. The van der Waals surface area contributed by atoms with Gasteiger partial charge in [0.1, 0.15) is 18.2 Å². The fourth-order valence-corrected chi connectivity index (χ4v) is 2.48. The van der Waals surface area contributed by atoms with E-state index < -0.39 is 5.97 Å². The van der Waals surface area contributed by atoms with Gasteiger partial charge in [0.25, 0.3) is 0 Å². The van der Waals surface area contributed by atoms with Crippen LogP contribution in [0.4, 0.5) is 0 Å². The predicted molar refractivity (Wildman–Crippen MR) is 104 cm³/mol. The zero-order chi connectivity index (χ0) is 19.6. The molecule has 0 saturated heterocycles. The van der Waals surface area contributed by atoms with E-state index in [2.05, 4.69) is 0 Å². The summed E-state index contributed by atoms with van der Waals surface area (Å²) in [7, 11) is 0. The molecule has 0 spiro atoms. The fraction of sp³-hybridized carbons (Fsp3) is 0.238. The summed E-state index contributed by atoms with van der Waals surface area (Å²) >= 11 is 6.15. The van der Waals surface area contributed by atoms with Gasteiger partial charge in [-0.25, -0.2) is 4.79 Å². The summed E-state index contributed by atoms with van der Waals surface area (Å²) in [6.45, 7) is 4.49. The first-order valence-corrected chi connectivity index (χ1v) is 8.88. The molecule has 0 N–H and O–H groups in total. The first kappa shape index (κ1) is 20.3. The second-order valence-electron chi connectivity index (χ2n) is 5.41. The molecular weight excluding hydrogens is 366 g/mol. The van der Waals surface area contributed by atoms with Crippen molar-refractivity contribution in [3.05, 3.63) is 64.2 Å². The van der Waals surface area contributed by atoms with Crippen molar-refractivity contribution in [3.8, 4) is 17.6 Å². The SMILES string of the molecule is CCOC(=O)C(C#N)=Cc1ccc(OCc2ccccc2Cl)c(OCC)c1. The van der Waals surface area contributed by atoms with Crippen molar-refractivity contribution in [1.29, 1.82) is 5.26 Å². The summed E-state index contributed by atoms with van der Waals surface area (Å²) < 4.78 is 16.3. The van der Waals surface area contributed by atoms with Gasteiger partial charge in [-0.3, -0.25) is 0 Å². The van der Waals surface area contributed by atoms with Crippen molar-refractivity contribution in [2.45, 2.75) is 20.5 Å². The largest absolute Gasteiger partial charge is 0.490 e. The Bertz CT molecular complexity index is 871. The molecule has 5 nitrogen and oxygen atoms in total. The molecule has 2 rings (SSSR count). The summed E-state index contributed by atoms with van der Waals surface area (Å²) in [6, 6.07) is 14.5. The lowest BCUT2D eigenvalue weighted by Gasteiger charge is -2.13. The Labute approximate surface area is 163 Å². The van der Waals surface area contributed by atoms with Crippen LogP contribution in [0.1, 0.15) is 25.0 Å². The van der Waals surface area contributed by atoms with Crippen LogP contribution in [-0.2, 0) is 16.1 Å². The van der Waals surface area contributed by atoms with E-state index in [9.17, 15) is 4.79 Å². The monoisotopic (exact) mass is 385 g/mol. The number of rotatable bonds is 8. The van der Waals surface area contributed by atoms with Crippen LogP contribution in [0.25, 0.3) is 6.08 Å². The number of nitrogens with zero attached hydrogens (tertiary/aromatic N) is 1. The maximum atomic E-state index is 11.8. The molecule has 27 heavy (non-hydrogen) atoms. The second kappa shape index (κ2) is 10.2. The number of benzene rings is 2. The molecule has 0 aliphatic rings. The molecule has 0 amide bonds. The third-order valence-electron chi connectivity index (χ3n) is 3.54. The minimum absolute atomic E-state index is 0.0796. The number of hydrogen-bond acceptors (Lipinski definition) is 5. The van der Waals surface area contributed by atoms with Crippen LogP contribution in [0.5, 0.6) is 11.5 Å². The van der Waals surface area contributed by atoms with Crippen LogP contribution in [0.3, 0.4) is 0 Å². The molecule has 0 heterocycles. The molecule has 0 saturated carbocycles. The van der Waals surface area contributed by atoms with Crippen LogP contribution in [0, 0.1) is 11.3 Å². The van der Waals surface area contributed by atoms with Crippen molar-refractivity contribution in [1.82, 2.24) is 0 Å². The third kappa shape index (κ3) is 5.77. The zero-order valence-electron chi connectivity index (χ0n) is 15.2. The number of carbonyl (C=O) groups excluding carboxylic acids is 1. The Morgan fingerprint density at radius 3 is 2.56 bits per heavy atom. The highest BCUT2D eigenvalue weighted by atomic mass is 35.5. The van der Waals surface area contributed by atoms with Crippen molar-refractivity contribution < 1.29 is 19.0 Å². The Morgan fingerprint density at radius 1 is 1.11 bits per heavy atom. The molecule has 0 aromatic heterocycles. The van der Waals surface area contributed by atoms with E-state index in [4.69, 9.17) is 31.1 Å². The molecule has 2 aromatic rings. The lowest BCUT2D eigenvalue weighted by Crippen LogP contribution is -2.06. The van der Waals surface area contributed by atoms with E-state index >= 15 is 0 Å². The second-order valence-corrected chi connectivity index (χ2v) is 5.82. The van der Waals surface area contributed by atoms with Crippen LogP contribution in [0.2, 0.25) is 5.02 Å². The van der Waals surface area contributed by atoms with E-state index in [1.807, 2.05) is 31.2 Å². The first-order valence-electron chi connectivity index (χ1n) is 8.51. The standard InChI is InChI=1S/C21H20ClNO4/c1-3-25-20-12-15(11-17(13-23)21(24)26-4-2)9-10-19(20)27-14-16-7-5-6-8-18(16)22/h5-12H,3-4,14H2,1-2H3. The van der Waals surface area contributed by atoms with Crippen LogP contribution in [0.15, 0.2) is 48.0 Å². The first-order chi connectivity index (χ1) is 13.1. The van der Waals surface area contributed by atoms with Crippen molar-refractivity contribution in [3.63, 3.8) is 0 Å². The van der Waals surface area contributed by atoms with Crippen molar-refractivity contribution in [2.75, 3.05) is 13.2 Å². The number of halogens is 1. The lowest BCUT2D eigenvalue weighted by molar-refractivity contribution is -0.137. The number of ether oxygens (including phenoxy) is 3. The van der Waals surface area contributed by atoms with E-state index in [0.29, 0.717) is 35.3 Å². The van der Waals surface area contributed by atoms with E-state index in [1.54, 1.807) is 31.2 Å². The summed E-state index contributed by atoms with van der Waals surface area (Å²) in [5.74, 6) is 0.403. The fourth-order valence-electron chi connectivity index (χ4n) is 2.29. The normalized spacial score (nSPS) is 10.8. The molecule has 0 bridgehead atoms. The van der Waals surface area contributed by atoms with Gasteiger partial charge in [-0.05, 0) is 43.7 Å². The van der Waals surface area contributed by atoms with E-state index in [-0.39, 0.29) is 12.2 Å². The quantitative estimate of drug-likeness (QED) is 0.371. The number of esters is 1. The average molecular weight is 386 g/mol. The predicted octanol–water partition coefficient (Wildman–Crippen LogP) is 4.79. The maximum absolute atomic E-state index is 11.8. The average Bonchev–Trinajstić information content (AvgIpc) is 2.67. The van der Waals surface area contributed by atoms with E-state index in [1.165, 1.54) is 6.08 Å². The molecular formula is C21H20ClNO4. The summed E-state index contributed by atoms with van der Waals surface area (Å²) in [5, 5.41) is 9.79. The van der Waals surface area contributed by atoms with Crippen LogP contribution >= 0.6 is 11.6 Å². The Morgan fingerprint density at radius 2 is 1.89 bits per heavy atom. The van der Waals surface area contributed by atoms with Gasteiger partial charge in [-0.15, -0.1) is 0 Å². The van der Waals surface area contributed by atoms with Gasteiger partial charge in [0.15, 0.2) is 11.5 Å². The van der Waals surface area contributed by atoms with Gasteiger partial charge in [0.2, 0.25) is 0 Å². The highest BCUT2D eigenvalue weighted by Crippen LogP contribution is 2.31. The Kier molecular flexibility index (Phi) is 7.72. The lowest BCUT2D eigenvalue weighted by atomic mass is 10.1. The maximum Gasteiger partial charge on any atom is 0.348 e. The molecule has 0 unspecified atom stereocenters. The third-order valence-corrected chi connectivity index (χ3v) is 3.90. The molecule has 0 aliphatic carbocycles. The molecule has 6 heteroatoms. The van der Waals surface area contributed by atoms with Crippen molar-refractivity contribution >= 4 is 23.6 Å². The van der Waals surface area contributed by atoms with Gasteiger partial charge in [-0.1, -0.05) is 35.9 Å². The Hall–Kier alpha value is -2.97. The van der Waals surface area contributed by atoms with Gasteiger partial charge in [-0.2, -0.15) is 5.26 Å². The number of nitriles is 1. The highest BCUT2D eigenvalue weighted by Gasteiger charge is 2.12. The molecule has 0 radical (unpaired) electrons. The topological polar surface area (TPSA) is 68.6 Å². The molecule has 0 aliphatic heterocycles. The molecule has 2 aromatic carbocycles. The van der Waals surface area contributed by atoms with Crippen LogP contribution < -0.4 is 9.47 Å². The molecule has 0 atom stereocenters. The van der Waals surface area contributed by atoms with Gasteiger partial charge < -0.3 is 14.2 Å². The zero-order valence-corrected chi connectivity index (χ0v) is 16.0. The smallest absolute Gasteiger partial charge is 0.348 e. The number of carbonyl (C=O) groups is 1. The molecule has 140 valence electrons. The van der Waals surface area contributed by atoms with Crippen LogP contribution in [-0.4, -0.2) is 19.2 Å². The number of hydrogen-bond donors (Lipinski definition) is 0. The minimum atomic E-state index is -0.656. The van der Waals surface area contributed by atoms with Gasteiger partial charge >= 0.3 is 5.97 Å². The Balaban J connectivity index is 2.24. The molecule has 0 fully saturated rings. The summed E-state index contributed by atoms with van der Waals surface area (Å²) in [5.41, 5.74) is 1.41. The van der Waals surface area contributed by atoms with E-state index in [0.717, 1.165) is 5.56 Å². The van der Waals surface area contributed by atoms with Crippen molar-refractivity contribution in [2.24, 2.45) is 0 Å². The van der Waals surface area contributed by atoms with Gasteiger partial charge in [0, 0.05) is 10.6 Å². The minimum Gasteiger partial charge on any atom is -0.490 e. The highest BCUT2D eigenvalue weighted by molar-refractivity contribution is 6.31. The van der Waals surface area contributed by atoms with Gasteiger partial charge in [0.05, 0.1) is 13.2 Å².